The van der Waals surface area contributed by atoms with Gasteiger partial charge in [0.1, 0.15) is 5.75 Å². The SMILES string of the molecule is O=C(Nc1c(Br)cc([N+](=O)[O-])cc1Br)c1ccn(COc2ccc(-c3ccccc3)cc2)n1. The number of aromatic nitrogens is 2. The number of nitro benzene ring substituents is 1. The molecule has 0 saturated carbocycles. The average Bonchev–Trinajstić information content (AvgIpc) is 3.30. The highest BCUT2D eigenvalue weighted by Crippen LogP contribution is 2.35. The van der Waals surface area contributed by atoms with Gasteiger partial charge in [0, 0.05) is 27.3 Å². The fourth-order valence-corrected chi connectivity index (χ4v) is 4.39. The van der Waals surface area contributed by atoms with E-state index in [1.165, 1.54) is 16.8 Å². The summed E-state index contributed by atoms with van der Waals surface area (Å²) in [6.07, 6.45) is 1.63. The zero-order chi connectivity index (χ0) is 23.4. The van der Waals surface area contributed by atoms with Crippen molar-refractivity contribution in [3.8, 4) is 16.9 Å². The van der Waals surface area contributed by atoms with Crippen molar-refractivity contribution in [1.29, 1.82) is 0 Å². The van der Waals surface area contributed by atoms with Crippen molar-refractivity contribution >= 4 is 49.1 Å². The van der Waals surface area contributed by atoms with E-state index >= 15 is 0 Å². The summed E-state index contributed by atoms with van der Waals surface area (Å²) >= 11 is 6.50. The number of benzene rings is 3. The smallest absolute Gasteiger partial charge is 0.276 e. The van der Waals surface area contributed by atoms with Gasteiger partial charge in [-0.3, -0.25) is 14.9 Å². The Labute approximate surface area is 205 Å². The van der Waals surface area contributed by atoms with E-state index in [0.717, 1.165) is 11.1 Å². The van der Waals surface area contributed by atoms with Crippen molar-refractivity contribution in [2.75, 3.05) is 5.32 Å². The molecule has 0 aliphatic rings. The highest BCUT2D eigenvalue weighted by molar-refractivity contribution is 9.11. The first-order valence-electron chi connectivity index (χ1n) is 9.67. The summed E-state index contributed by atoms with van der Waals surface area (Å²) in [7, 11) is 0. The summed E-state index contributed by atoms with van der Waals surface area (Å²) < 4.78 is 8.01. The first-order valence-corrected chi connectivity index (χ1v) is 11.3. The van der Waals surface area contributed by atoms with Crippen LogP contribution >= 0.6 is 31.9 Å². The Morgan fingerprint density at radius 2 is 1.64 bits per heavy atom. The lowest BCUT2D eigenvalue weighted by molar-refractivity contribution is -0.385. The number of anilines is 1. The van der Waals surface area contributed by atoms with Crippen LogP contribution in [0.5, 0.6) is 5.75 Å². The van der Waals surface area contributed by atoms with Gasteiger partial charge in [0.15, 0.2) is 12.4 Å². The quantitative estimate of drug-likeness (QED) is 0.208. The number of hydrogen-bond donors (Lipinski definition) is 1. The lowest BCUT2D eigenvalue weighted by Crippen LogP contribution is -2.15. The second kappa shape index (κ2) is 9.97. The topological polar surface area (TPSA) is 99.3 Å². The van der Waals surface area contributed by atoms with Crippen LogP contribution in [-0.2, 0) is 6.73 Å². The Hall–Kier alpha value is -3.50. The molecule has 0 spiro atoms. The molecule has 1 aromatic heterocycles. The number of carbonyl (C=O) groups is 1. The van der Waals surface area contributed by atoms with Gasteiger partial charge in [-0.1, -0.05) is 42.5 Å². The van der Waals surface area contributed by atoms with E-state index in [9.17, 15) is 14.9 Å². The van der Waals surface area contributed by atoms with Gasteiger partial charge in [0.2, 0.25) is 0 Å². The normalized spacial score (nSPS) is 10.6. The summed E-state index contributed by atoms with van der Waals surface area (Å²) in [5.74, 6) is 0.214. The van der Waals surface area contributed by atoms with Crippen molar-refractivity contribution in [1.82, 2.24) is 9.78 Å². The molecule has 0 unspecified atom stereocenters. The first-order chi connectivity index (χ1) is 15.9. The fraction of sp³-hybridized carbons (Fsp3) is 0.0435. The number of nitro groups is 1. The predicted molar refractivity (Wildman–Crippen MR) is 131 cm³/mol. The molecule has 1 heterocycles. The molecule has 0 aliphatic heterocycles. The van der Waals surface area contributed by atoms with E-state index in [2.05, 4.69) is 42.3 Å². The summed E-state index contributed by atoms with van der Waals surface area (Å²) in [5, 5.41) is 17.9. The Balaban J connectivity index is 1.38. The number of halogens is 2. The Morgan fingerprint density at radius 3 is 2.27 bits per heavy atom. The van der Waals surface area contributed by atoms with Crippen LogP contribution in [0.4, 0.5) is 11.4 Å². The molecule has 0 saturated heterocycles. The minimum Gasteiger partial charge on any atom is -0.471 e. The van der Waals surface area contributed by atoms with Gasteiger partial charge in [-0.15, -0.1) is 0 Å². The number of amides is 1. The standard InChI is InChI=1S/C23H16Br2N4O4/c24-19-12-17(29(31)32)13-20(25)22(19)26-23(30)21-10-11-28(27-21)14-33-18-8-6-16(7-9-18)15-4-2-1-3-5-15/h1-13H,14H2,(H,26,30). The Morgan fingerprint density at radius 1 is 1.00 bits per heavy atom. The molecule has 3 aromatic carbocycles. The van der Waals surface area contributed by atoms with Crippen LogP contribution in [0.1, 0.15) is 10.5 Å². The summed E-state index contributed by atoms with van der Waals surface area (Å²) in [6.45, 7) is 0.128. The van der Waals surface area contributed by atoms with E-state index in [1.54, 1.807) is 12.3 Å². The van der Waals surface area contributed by atoms with Crippen molar-refractivity contribution < 1.29 is 14.5 Å². The second-order valence-electron chi connectivity index (χ2n) is 6.90. The van der Waals surface area contributed by atoms with Gasteiger partial charge >= 0.3 is 0 Å². The molecule has 1 N–H and O–H groups in total. The third kappa shape index (κ3) is 5.47. The molecule has 0 aliphatic carbocycles. The maximum atomic E-state index is 12.6. The van der Waals surface area contributed by atoms with Crippen molar-refractivity contribution in [2.45, 2.75) is 6.73 Å². The molecule has 4 rings (SSSR count). The van der Waals surface area contributed by atoms with Crippen molar-refractivity contribution in [3.63, 3.8) is 0 Å². The molecule has 8 nitrogen and oxygen atoms in total. The van der Waals surface area contributed by atoms with Crippen LogP contribution in [0.25, 0.3) is 11.1 Å². The number of carbonyl (C=O) groups excluding carboxylic acids is 1. The van der Waals surface area contributed by atoms with Gasteiger partial charge < -0.3 is 10.1 Å². The first kappa shape index (κ1) is 22.7. The monoisotopic (exact) mass is 570 g/mol. The molecule has 10 heteroatoms. The van der Waals surface area contributed by atoms with E-state index in [4.69, 9.17) is 4.74 Å². The minimum absolute atomic E-state index is 0.107. The number of non-ortho nitro benzene ring substituents is 1. The average molecular weight is 572 g/mol. The molecule has 33 heavy (non-hydrogen) atoms. The number of nitrogens with one attached hydrogen (secondary N) is 1. The maximum absolute atomic E-state index is 12.6. The van der Waals surface area contributed by atoms with Gasteiger partial charge in [0.05, 0.1) is 10.6 Å². The lowest BCUT2D eigenvalue weighted by atomic mass is 10.1. The molecular weight excluding hydrogens is 556 g/mol. The van der Waals surface area contributed by atoms with Gasteiger partial charge in [-0.25, -0.2) is 4.68 Å². The van der Waals surface area contributed by atoms with Gasteiger partial charge in [-0.2, -0.15) is 5.10 Å². The number of ether oxygens (including phenoxy) is 1. The molecule has 0 bridgehead atoms. The van der Waals surface area contributed by atoms with Crippen LogP contribution in [0, 0.1) is 10.1 Å². The van der Waals surface area contributed by atoms with Crippen LogP contribution in [0.15, 0.2) is 87.9 Å². The zero-order valence-corrected chi connectivity index (χ0v) is 20.1. The van der Waals surface area contributed by atoms with E-state index in [0.29, 0.717) is 20.4 Å². The molecule has 0 atom stereocenters. The van der Waals surface area contributed by atoms with E-state index < -0.39 is 10.8 Å². The second-order valence-corrected chi connectivity index (χ2v) is 8.61. The van der Waals surface area contributed by atoms with Gasteiger partial charge in [-0.05, 0) is 61.2 Å². The third-order valence-corrected chi connectivity index (χ3v) is 5.93. The van der Waals surface area contributed by atoms with Crippen LogP contribution in [0.2, 0.25) is 0 Å². The van der Waals surface area contributed by atoms with Crippen molar-refractivity contribution in [2.24, 2.45) is 0 Å². The lowest BCUT2D eigenvalue weighted by Gasteiger charge is -2.09. The number of nitrogens with zero attached hydrogens (tertiary/aromatic N) is 3. The van der Waals surface area contributed by atoms with E-state index in [1.807, 2.05) is 54.6 Å². The van der Waals surface area contributed by atoms with E-state index in [-0.39, 0.29) is 18.1 Å². The molecular formula is C23H16Br2N4O4. The summed E-state index contributed by atoms with van der Waals surface area (Å²) in [5.41, 5.74) is 2.65. The molecule has 166 valence electrons. The maximum Gasteiger partial charge on any atom is 0.276 e. The molecule has 4 aromatic rings. The highest BCUT2D eigenvalue weighted by atomic mass is 79.9. The van der Waals surface area contributed by atoms with Crippen LogP contribution in [-0.4, -0.2) is 20.6 Å². The fourth-order valence-electron chi connectivity index (χ4n) is 3.03. The predicted octanol–water partition coefficient (Wildman–Crippen LogP) is 6.27. The molecule has 0 fully saturated rings. The third-order valence-electron chi connectivity index (χ3n) is 4.67. The largest absolute Gasteiger partial charge is 0.471 e. The Bertz CT molecular complexity index is 1280. The summed E-state index contributed by atoms with van der Waals surface area (Å²) in [6, 6.07) is 21.9. The summed E-state index contributed by atoms with van der Waals surface area (Å²) in [4.78, 5) is 23.0. The highest BCUT2D eigenvalue weighted by Gasteiger charge is 2.18. The van der Waals surface area contributed by atoms with Gasteiger partial charge in [0.25, 0.3) is 11.6 Å². The zero-order valence-electron chi connectivity index (χ0n) is 16.9. The van der Waals surface area contributed by atoms with Crippen molar-refractivity contribution in [3.05, 3.63) is 104 Å². The van der Waals surface area contributed by atoms with Crippen LogP contribution in [0.3, 0.4) is 0 Å². The minimum atomic E-state index is -0.516. The number of hydrogen-bond acceptors (Lipinski definition) is 5. The molecule has 1 amide bonds. The molecule has 0 radical (unpaired) electrons. The number of rotatable bonds is 7. The van der Waals surface area contributed by atoms with Crippen LogP contribution < -0.4 is 10.1 Å². The Kier molecular flexibility index (Phi) is 6.85.